The Morgan fingerprint density at radius 3 is 1.89 bits per heavy atom. The molecule has 1 aliphatic carbocycles. The zero-order valence-electron chi connectivity index (χ0n) is 29.3. The minimum atomic E-state index is 0.295. The van der Waals surface area contributed by atoms with Crippen LogP contribution in [0, 0.1) is 0 Å². The highest BCUT2D eigenvalue weighted by Crippen LogP contribution is 2.47. The topological polar surface area (TPSA) is 26.3 Å². The Balaban J connectivity index is 1.04. The molecule has 2 heterocycles. The fourth-order valence-corrected chi connectivity index (χ4v) is 9.37. The van der Waals surface area contributed by atoms with Crippen LogP contribution in [0.2, 0.25) is 0 Å². The van der Waals surface area contributed by atoms with Crippen LogP contribution >= 0.6 is 0 Å². The molecule has 2 heteroatoms. The second-order valence-electron chi connectivity index (χ2n) is 14.7. The average Bonchev–Trinajstić information content (AvgIpc) is 3.79. The van der Waals surface area contributed by atoms with E-state index in [0.717, 1.165) is 61.1 Å². The van der Waals surface area contributed by atoms with Crippen LogP contribution in [0.5, 0.6) is 0 Å². The second kappa shape index (κ2) is 11.3. The molecule has 12 rings (SSSR count). The summed E-state index contributed by atoms with van der Waals surface area (Å²) < 4.78 is 13.0. The van der Waals surface area contributed by atoms with Crippen molar-refractivity contribution in [3.63, 3.8) is 0 Å². The van der Waals surface area contributed by atoms with Gasteiger partial charge in [0, 0.05) is 32.8 Å². The molecule has 1 atom stereocenters. The van der Waals surface area contributed by atoms with Gasteiger partial charge in [0.2, 0.25) is 0 Å². The van der Waals surface area contributed by atoms with Gasteiger partial charge in [-0.1, -0.05) is 140 Å². The lowest BCUT2D eigenvalue weighted by atomic mass is 9.79. The van der Waals surface area contributed by atoms with Crippen LogP contribution in [0.25, 0.3) is 104 Å². The van der Waals surface area contributed by atoms with Crippen molar-refractivity contribution in [1.29, 1.82) is 0 Å². The lowest BCUT2D eigenvalue weighted by Gasteiger charge is -2.24. The standard InChI is InChI=1S/C52H32O2/c1-2-15-36-31(11-1)12-10-21-37(36)32-13-9-14-34(27-32)50-39-17-3-5-19-41(39)51(42-20-6-4-18-40(42)50)35-24-26-48-46(29-35)43-25-23-33-28-45-38-16-7-8-22-47(38)53-49(45)30-44(33)52(43)54-48/h1-26,28-30,32H,27H2. The molecule has 0 amide bonds. The quantitative estimate of drug-likeness (QED) is 0.173. The Labute approximate surface area is 310 Å². The molecular formula is C52H32O2. The largest absolute Gasteiger partial charge is 0.456 e. The monoisotopic (exact) mass is 688 g/mol. The predicted octanol–water partition coefficient (Wildman–Crippen LogP) is 14.9. The Hall–Kier alpha value is -6.90. The van der Waals surface area contributed by atoms with E-state index in [1.165, 1.54) is 60.1 Å². The molecule has 0 saturated carbocycles. The number of benzene rings is 9. The summed E-state index contributed by atoms with van der Waals surface area (Å²) in [7, 11) is 0. The first-order valence-electron chi connectivity index (χ1n) is 18.8. The van der Waals surface area contributed by atoms with Gasteiger partial charge in [-0.2, -0.15) is 0 Å². The maximum Gasteiger partial charge on any atom is 0.143 e. The highest BCUT2D eigenvalue weighted by molar-refractivity contribution is 6.22. The molecule has 1 unspecified atom stereocenters. The molecule has 0 bridgehead atoms. The molecule has 11 aromatic rings. The van der Waals surface area contributed by atoms with Gasteiger partial charge in [0.25, 0.3) is 0 Å². The van der Waals surface area contributed by atoms with Crippen molar-refractivity contribution in [2.75, 3.05) is 0 Å². The van der Waals surface area contributed by atoms with Crippen molar-refractivity contribution in [2.45, 2.75) is 12.3 Å². The first-order chi connectivity index (χ1) is 26.8. The van der Waals surface area contributed by atoms with Gasteiger partial charge in [0.15, 0.2) is 0 Å². The Morgan fingerprint density at radius 1 is 0.407 bits per heavy atom. The van der Waals surface area contributed by atoms with Crippen molar-refractivity contribution in [2.24, 2.45) is 0 Å². The summed E-state index contributed by atoms with van der Waals surface area (Å²) in [4.78, 5) is 0. The third-order valence-corrected chi connectivity index (χ3v) is 11.8. The van der Waals surface area contributed by atoms with Gasteiger partial charge < -0.3 is 8.83 Å². The molecule has 2 aromatic heterocycles. The fraction of sp³-hybridized carbons (Fsp3) is 0.0385. The molecule has 252 valence electrons. The third-order valence-electron chi connectivity index (χ3n) is 11.8. The van der Waals surface area contributed by atoms with Gasteiger partial charge in [-0.05, 0) is 108 Å². The zero-order valence-corrected chi connectivity index (χ0v) is 29.3. The lowest BCUT2D eigenvalue weighted by Crippen LogP contribution is -2.03. The summed E-state index contributed by atoms with van der Waals surface area (Å²) in [6, 6.07) is 57.2. The second-order valence-corrected chi connectivity index (χ2v) is 14.7. The van der Waals surface area contributed by atoms with Gasteiger partial charge in [-0.15, -0.1) is 0 Å². The molecule has 9 aromatic carbocycles. The summed E-state index contributed by atoms with van der Waals surface area (Å²) in [6.07, 6.45) is 7.92. The Kier molecular flexibility index (Phi) is 6.20. The molecule has 1 aliphatic rings. The van der Waals surface area contributed by atoms with Crippen LogP contribution < -0.4 is 0 Å². The molecule has 0 saturated heterocycles. The predicted molar refractivity (Wildman–Crippen MR) is 227 cm³/mol. The molecule has 54 heavy (non-hydrogen) atoms. The molecule has 0 aliphatic heterocycles. The smallest absolute Gasteiger partial charge is 0.143 e. The summed E-state index contributed by atoms with van der Waals surface area (Å²) in [5.74, 6) is 0.295. The molecule has 0 fully saturated rings. The van der Waals surface area contributed by atoms with Crippen molar-refractivity contribution in [1.82, 2.24) is 0 Å². The van der Waals surface area contributed by atoms with Crippen LogP contribution in [-0.4, -0.2) is 0 Å². The number of rotatable bonds is 3. The summed E-state index contributed by atoms with van der Waals surface area (Å²) in [5.41, 5.74) is 10.1. The molecular weight excluding hydrogens is 657 g/mol. The van der Waals surface area contributed by atoms with E-state index in [4.69, 9.17) is 8.83 Å². The van der Waals surface area contributed by atoms with E-state index in [9.17, 15) is 0 Å². The van der Waals surface area contributed by atoms with E-state index < -0.39 is 0 Å². The van der Waals surface area contributed by atoms with Crippen LogP contribution in [0.15, 0.2) is 185 Å². The number of furan rings is 2. The molecule has 0 N–H and O–H groups in total. The van der Waals surface area contributed by atoms with Gasteiger partial charge in [0.05, 0.1) is 0 Å². The maximum absolute atomic E-state index is 6.67. The molecule has 0 spiro atoms. The van der Waals surface area contributed by atoms with Gasteiger partial charge in [0.1, 0.15) is 22.3 Å². The summed E-state index contributed by atoms with van der Waals surface area (Å²) in [5, 5.41) is 14.4. The number of allylic oxidation sites excluding steroid dienone is 4. The average molecular weight is 689 g/mol. The SMILES string of the molecule is C1=CC(c2cccc3ccccc23)CC(c2c3ccccc3c(-c3ccc4oc5c6cc7oc8ccccc8c7cc6ccc5c4c3)c3ccccc23)=C1. The highest BCUT2D eigenvalue weighted by Gasteiger charge is 2.23. The van der Waals surface area contributed by atoms with E-state index in [-0.39, 0.29) is 0 Å². The van der Waals surface area contributed by atoms with E-state index in [1.807, 2.05) is 12.1 Å². The summed E-state index contributed by atoms with van der Waals surface area (Å²) in [6.45, 7) is 0. The van der Waals surface area contributed by atoms with E-state index in [0.29, 0.717) is 5.92 Å². The molecule has 2 nitrogen and oxygen atoms in total. The van der Waals surface area contributed by atoms with E-state index in [2.05, 4.69) is 164 Å². The van der Waals surface area contributed by atoms with Crippen molar-refractivity contribution < 1.29 is 8.83 Å². The number of hydrogen-bond acceptors (Lipinski definition) is 2. The van der Waals surface area contributed by atoms with Crippen molar-refractivity contribution >= 4 is 92.5 Å². The third kappa shape index (κ3) is 4.28. The molecule has 0 radical (unpaired) electrons. The Bertz CT molecular complexity index is 3360. The highest BCUT2D eigenvalue weighted by atomic mass is 16.3. The van der Waals surface area contributed by atoms with Crippen molar-refractivity contribution in [3.8, 4) is 11.1 Å². The van der Waals surface area contributed by atoms with Crippen molar-refractivity contribution in [3.05, 3.63) is 187 Å². The van der Waals surface area contributed by atoms with Gasteiger partial charge in [-0.3, -0.25) is 0 Å². The zero-order chi connectivity index (χ0) is 35.3. The first kappa shape index (κ1) is 29.7. The number of hydrogen-bond donors (Lipinski definition) is 0. The van der Waals surface area contributed by atoms with Crippen LogP contribution in [0.4, 0.5) is 0 Å². The van der Waals surface area contributed by atoms with Crippen LogP contribution in [0.1, 0.15) is 23.5 Å². The maximum atomic E-state index is 6.67. The minimum absolute atomic E-state index is 0.295. The Morgan fingerprint density at radius 2 is 1.07 bits per heavy atom. The first-order valence-corrected chi connectivity index (χ1v) is 18.8. The van der Waals surface area contributed by atoms with Gasteiger partial charge >= 0.3 is 0 Å². The van der Waals surface area contributed by atoms with Crippen LogP contribution in [-0.2, 0) is 0 Å². The van der Waals surface area contributed by atoms with Gasteiger partial charge in [-0.25, -0.2) is 0 Å². The van der Waals surface area contributed by atoms with Crippen LogP contribution in [0.3, 0.4) is 0 Å². The fourth-order valence-electron chi connectivity index (χ4n) is 9.37. The normalized spacial score (nSPS) is 14.8. The number of para-hydroxylation sites is 1. The van der Waals surface area contributed by atoms with E-state index in [1.54, 1.807) is 0 Å². The summed E-state index contributed by atoms with van der Waals surface area (Å²) >= 11 is 0. The van der Waals surface area contributed by atoms with E-state index >= 15 is 0 Å². The number of fused-ring (bicyclic) bond motifs is 11. The minimum Gasteiger partial charge on any atom is -0.456 e. The lowest BCUT2D eigenvalue weighted by molar-refractivity contribution is 0.667.